The molecule has 0 aliphatic heterocycles. The maximum absolute atomic E-state index is 11.5. The molecule has 3 aromatic carbocycles. The summed E-state index contributed by atoms with van der Waals surface area (Å²) in [6, 6.07) is 26.1. The zero-order chi connectivity index (χ0) is 25.0. The van der Waals surface area contributed by atoms with Crippen LogP contribution in [-0.2, 0) is 9.53 Å². The summed E-state index contributed by atoms with van der Waals surface area (Å²) in [6.07, 6.45) is 4.63. The first-order valence-corrected chi connectivity index (χ1v) is 12.8. The van der Waals surface area contributed by atoms with Gasteiger partial charge in [-0.1, -0.05) is 79.6 Å². The molecule has 0 spiro atoms. The van der Waals surface area contributed by atoms with Crippen molar-refractivity contribution in [1.82, 2.24) is 5.32 Å². The predicted molar refractivity (Wildman–Crippen MR) is 147 cm³/mol. The first-order chi connectivity index (χ1) is 17.0. The lowest BCUT2D eigenvalue weighted by Gasteiger charge is -2.27. The van der Waals surface area contributed by atoms with Crippen LogP contribution in [0.2, 0.25) is 0 Å². The summed E-state index contributed by atoms with van der Waals surface area (Å²) in [5.41, 5.74) is 7.59. The second kappa shape index (κ2) is 13.7. The average Bonchev–Trinajstić information content (AvgIpc) is 2.87. The molecule has 0 aliphatic rings. The standard InChI is InChI=1S/C31H40N2O2/c1-5-35-30(34)19-11-6-7-14-22-32-31(28-17-12-13-18-29(28)33(3)4)27-21-20-26(23-24(27)2)25-15-9-8-10-16-25/h8-10,12-13,15-18,20-21,23,31-32H,5-7,11,14,19,22H2,1-4H3. The largest absolute Gasteiger partial charge is 0.466 e. The molecule has 35 heavy (non-hydrogen) atoms. The molecule has 0 aromatic heterocycles. The molecule has 0 aliphatic carbocycles. The van der Waals surface area contributed by atoms with Crippen molar-refractivity contribution in [2.45, 2.75) is 52.0 Å². The summed E-state index contributed by atoms with van der Waals surface area (Å²) < 4.78 is 5.02. The summed E-state index contributed by atoms with van der Waals surface area (Å²) in [6.45, 7) is 5.45. The van der Waals surface area contributed by atoms with Crippen molar-refractivity contribution in [2.75, 3.05) is 32.1 Å². The van der Waals surface area contributed by atoms with Gasteiger partial charge in [0.05, 0.1) is 12.6 Å². The van der Waals surface area contributed by atoms with Crippen LogP contribution >= 0.6 is 0 Å². The number of rotatable bonds is 13. The highest BCUT2D eigenvalue weighted by Gasteiger charge is 2.20. The number of ether oxygens (including phenoxy) is 1. The molecule has 1 unspecified atom stereocenters. The Labute approximate surface area is 211 Å². The van der Waals surface area contributed by atoms with Crippen LogP contribution < -0.4 is 10.2 Å². The lowest BCUT2D eigenvalue weighted by atomic mass is 9.91. The Bertz CT molecular complexity index is 1060. The number of benzene rings is 3. The van der Waals surface area contributed by atoms with Gasteiger partial charge in [-0.05, 0) is 67.1 Å². The zero-order valence-corrected chi connectivity index (χ0v) is 21.7. The van der Waals surface area contributed by atoms with E-state index in [0.717, 1.165) is 32.2 Å². The highest BCUT2D eigenvalue weighted by Crippen LogP contribution is 2.33. The third-order valence-corrected chi connectivity index (χ3v) is 6.38. The van der Waals surface area contributed by atoms with Crippen LogP contribution in [0.1, 0.15) is 61.8 Å². The zero-order valence-electron chi connectivity index (χ0n) is 21.7. The molecule has 0 saturated heterocycles. The van der Waals surface area contributed by atoms with E-state index in [-0.39, 0.29) is 12.0 Å². The Morgan fingerprint density at radius 1 is 0.857 bits per heavy atom. The number of nitrogens with one attached hydrogen (secondary N) is 1. The highest BCUT2D eigenvalue weighted by molar-refractivity contribution is 5.69. The number of aryl methyl sites for hydroxylation is 1. The monoisotopic (exact) mass is 472 g/mol. The summed E-state index contributed by atoms with van der Waals surface area (Å²) >= 11 is 0. The number of unbranched alkanes of at least 4 members (excludes halogenated alkanes) is 3. The Morgan fingerprint density at radius 3 is 2.29 bits per heavy atom. The lowest BCUT2D eigenvalue weighted by molar-refractivity contribution is -0.143. The normalized spacial score (nSPS) is 11.8. The Kier molecular flexibility index (Phi) is 10.4. The molecule has 0 saturated carbocycles. The number of esters is 1. The van der Waals surface area contributed by atoms with Crippen LogP contribution in [0.4, 0.5) is 5.69 Å². The van der Waals surface area contributed by atoms with Crippen LogP contribution in [0.25, 0.3) is 11.1 Å². The van der Waals surface area contributed by atoms with E-state index < -0.39 is 0 Å². The van der Waals surface area contributed by atoms with E-state index in [0.29, 0.717) is 13.0 Å². The lowest BCUT2D eigenvalue weighted by Crippen LogP contribution is -2.26. The van der Waals surface area contributed by atoms with Crippen molar-refractivity contribution < 1.29 is 9.53 Å². The van der Waals surface area contributed by atoms with Gasteiger partial charge in [0.2, 0.25) is 0 Å². The molecule has 1 atom stereocenters. The highest BCUT2D eigenvalue weighted by atomic mass is 16.5. The second-order valence-corrected chi connectivity index (χ2v) is 9.25. The average molecular weight is 473 g/mol. The Hall–Kier alpha value is -3.11. The van der Waals surface area contributed by atoms with Gasteiger partial charge in [-0.25, -0.2) is 0 Å². The van der Waals surface area contributed by atoms with E-state index in [4.69, 9.17) is 4.74 Å². The molecule has 3 aromatic rings. The number of hydrogen-bond donors (Lipinski definition) is 1. The van der Waals surface area contributed by atoms with Crippen molar-refractivity contribution in [3.05, 3.63) is 89.5 Å². The van der Waals surface area contributed by atoms with Crippen molar-refractivity contribution >= 4 is 11.7 Å². The number of anilines is 1. The van der Waals surface area contributed by atoms with Crippen molar-refractivity contribution in [1.29, 1.82) is 0 Å². The van der Waals surface area contributed by atoms with Gasteiger partial charge in [0.25, 0.3) is 0 Å². The van der Waals surface area contributed by atoms with E-state index in [1.807, 2.05) is 6.92 Å². The van der Waals surface area contributed by atoms with Gasteiger partial charge >= 0.3 is 5.97 Å². The topological polar surface area (TPSA) is 41.6 Å². The number of carbonyl (C=O) groups is 1. The molecular formula is C31H40N2O2. The summed E-state index contributed by atoms with van der Waals surface area (Å²) in [5.74, 6) is -0.0830. The fourth-order valence-electron chi connectivity index (χ4n) is 4.56. The molecule has 1 N–H and O–H groups in total. The number of hydrogen-bond acceptors (Lipinski definition) is 4. The van der Waals surface area contributed by atoms with Crippen LogP contribution in [0, 0.1) is 6.92 Å². The fourth-order valence-corrected chi connectivity index (χ4v) is 4.56. The van der Waals surface area contributed by atoms with Gasteiger partial charge < -0.3 is 15.0 Å². The van der Waals surface area contributed by atoms with E-state index in [2.05, 4.69) is 104 Å². The quantitative estimate of drug-likeness (QED) is 0.216. The van der Waals surface area contributed by atoms with Crippen LogP contribution in [-0.4, -0.2) is 33.2 Å². The molecule has 0 radical (unpaired) electrons. The number of nitrogens with zero attached hydrogens (tertiary/aromatic N) is 1. The molecule has 4 nitrogen and oxygen atoms in total. The molecular weight excluding hydrogens is 432 g/mol. The van der Waals surface area contributed by atoms with E-state index in [1.54, 1.807) is 0 Å². The number of para-hydroxylation sites is 1. The maximum Gasteiger partial charge on any atom is 0.305 e. The SMILES string of the molecule is CCOC(=O)CCCCCCNC(c1ccc(-c2ccccc2)cc1C)c1ccccc1N(C)C. The molecule has 0 amide bonds. The minimum Gasteiger partial charge on any atom is -0.466 e. The van der Waals surface area contributed by atoms with Gasteiger partial charge in [-0.3, -0.25) is 4.79 Å². The maximum atomic E-state index is 11.5. The van der Waals surface area contributed by atoms with E-state index in [1.165, 1.54) is 33.5 Å². The third kappa shape index (κ3) is 7.69. The first-order valence-electron chi connectivity index (χ1n) is 12.8. The number of carbonyl (C=O) groups excluding carboxylic acids is 1. The summed E-state index contributed by atoms with van der Waals surface area (Å²) in [5, 5.41) is 3.85. The molecule has 4 heteroatoms. The van der Waals surface area contributed by atoms with Crippen molar-refractivity contribution in [2.24, 2.45) is 0 Å². The van der Waals surface area contributed by atoms with Crippen molar-refractivity contribution in [3.8, 4) is 11.1 Å². The van der Waals surface area contributed by atoms with E-state index >= 15 is 0 Å². The molecule has 186 valence electrons. The molecule has 3 rings (SSSR count). The fraction of sp³-hybridized carbons (Fsp3) is 0.387. The van der Waals surface area contributed by atoms with Crippen molar-refractivity contribution in [3.63, 3.8) is 0 Å². The second-order valence-electron chi connectivity index (χ2n) is 9.25. The Morgan fingerprint density at radius 2 is 1.57 bits per heavy atom. The van der Waals surface area contributed by atoms with Gasteiger partial charge in [0.1, 0.15) is 0 Å². The van der Waals surface area contributed by atoms with Crippen LogP contribution in [0.5, 0.6) is 0 Å². The van der Waals surface area contributed by atoms with Gasteiger partial charge in [0, 0.05) is 26.2 Å². The smallest absolute Gasteiger partial charge is 0.305 e. The molecule has 0 fully saturated rings. The Balaban J connectivity index is 1.73. The van der Waals surface area contributed by atoms with E-state index in [9.17, 15) is 4.79 Å². The van der Waals surface area contributed by atoms with Gasteiger partial charge in [-0.15, -0.1) is 0 Å². The van der Waals surface area contributed by atoms with Crippen LogP contribution in [0.15, 0.2) is 72.8 Å². The third-order valence-electron chi connectivity index (χ3n) is 6.38. The first kappa shape index (κ1) is 26.5. The predicted octanol–water partition coefficient (Wildman–Crippen LogP) is 6.92. The summed E-state index contributed by atoms with van der Waals surface area (Å²) in [4.78, 5) is 13.7. The van der Waals surface area contributed by atoms with Gasteiger partial charge in [0.15, 0.2) is 0 Å². The molecule has 0 heterocycles. The minimum absolute atomic E-state index is 0.0830. The van der Waals surface area contributed by atoms with Gasteiger partial charge in [-0.2, -0.15) is 0 Å². The molecule has 0 bridgehead atoms. The van der Waals surface area contributed by atoms with Crippen LogP contribution in [0.3, 0.4) is 0 Å². The summed E-state index contributed by atoms with van der Waals surface area (Å²) in [7, 11) is 4.20. The minimum atomic E-state index is -0.0830.